The molecule has 162 valence electrons. The first-order valence-electron chi connectivity index (χ1n) is 10.5. The summed E-state index contributed by atoms with van der Waals surface area (Å²) in [5.41, 5.74) is 5.92. The monoisotopic (exact) mass is 445 g/mol. The number of hydrogen-bond acceptors (Lipinski definition) is 5. The van der Waals surface area contributed by atoms with Gasteiger partial charge < -0.3 is 14.0 Å². The topological polar surface area (TPSA) is 73.0 Å². The molecule has 0 spiro atoms. The Labute approximate surface area is 189 Å². The molecule has 0 N–H and O–H groups in total. The molecule has 1 amide bonds. The number of imidazole rings is 1. The first kappa shape index (κ1) is 20.4. The van der Waals surface area contributed by atoms with E-state index >= 15 is 0 Å². The molecule has 1 aliphatic heterocycles. The molecule has 7 nitrogen and oxygen atoms in total. The number of nitrogens with zero attached hydrogens (tertiary/aromatic N) is 5. The number of rotatable bonds is 4. The number of pyridine rings is 1. The van der Waals surface area contributed by atoms with E-state index in [1.54, 1.807) is 50.0 Å². The number of aryl methyl sites for hydroxylation is 3. The minimum Gasteiger partial charge on any atom is -0.330 e. The molecule has 0 unspecified atom stereocenters. The van der Waals surface area contributed by atoms with Crippen molar-refractivity contribution in [2.24, 2.45) is 0 Å². The van der Waals surface area contributed by atoms with Gasteiger partial charge in [-0.3, -0.25) is 9.59 Å². The quantitative estimate of drug-likeness (QED) is 0.480. The lowest BCUT2D eigenvalue weighted by atomic mass is 10.1. The van der Waals surface area contributed by atoms with Crippen LogP contribution >= 0.6 is 11.3 Å². The van der Waals surface area contributed by atoms with Gasteiger partial charge >= 0.3 is 0 Å². The molecule has 0 bridgehead atoms. The number of carbonyl (C=O) groups excluding carboxylic acids is 1. The van der Waals surface area contributed by atoms with Gasteiger partial charge in [0.25, 0.3) is 11.5 Å². The van der Waals surface area contributed by atoms with Crippen molar-refractivity contribution in [3.8, 4) is 16.3 Å². The van der Waals surface area contributed by atoms with E-state index < -0.39 is 0 Å². The lowest BCUT2D eigenvalue weighted by Gasteiger charge is -2.29. The maximum atomic E-state index is 13.1. The van der Waals surface area contributed by atoms with Crippen LogP contribution in [0, 0.1) is 20.8 Å². The molecule has 4 aromatic rings. The molecule has 0 saturated carbocycles. The van der Waals surface area contributed by atoms with Crippen LogP contribution in [0.2, 0.25) is 0 Å². The maximum Gasteiger partial charge on any atom is 0.275 e. The Hall–Kier alpha value is -3.52. The number of carbonyl (C=O) groups is 1. The van der Waals surface area contributed by atoms with Gasteiger partial charge in [0.15, 0.2) is 0 Å². The van der Waals surface area contributed by atoms with Crippen molar-refractivity contribution in [2.45, 2.75) is 33.9 Å². The number of aromatic nitrogens is 4. The van der Waals surface area contributed by atoms with E-state index in [-0.39, 0.29) is 11.5 Å². The number of hydrogen-bond donors (Lipinski definition) is 0. The van der Waals surface area contributed by atoms with Gasteiger partial charge in [0.2, 0.25) is 0 Å². The van der Waals surface area contributed by atoms with E-state index in [1.165, 1.54) is 11.1 Å². The van der Waals surface area contributed by atoms with Crippen molar-refractivity contribution in [1.29, 1.82) is 0 Å². The first-order valence-corrected chi connectivity index (χ1v) is 11.3. The summed E-state index contributed by atoms with van der Waals surface area (Å²) < 4.78 is 3.26. The SMILES string of the molecule is Cc1cc(C)cc(-c2nc(CN3CCn4c(ccc(-n5cnc(C)c5)c4=O)C3=O)cs2)c1. The zero-order valence-electron chi connectivity index (χ0n) is 18.2. The zero-order chi connectivity index (χ0) is 22.4. The summed E-state index contributed by atoms with van der Waals surface area (Å²) in [6.45, 7) is 7.38. The lowest BCUT2D eigenvalue weighted by Crippen LogP contribution is -2.44. The van der Waals surface area contributed by atoms with Crippen LogP contribution in [0.4, 0.5) is 0 Å². The Morgan fingerprint density at radius 3 is 2.53 bits per heavy atom. The number of fused-ring (bicyclic) bond motifs is 1. The third-order valence-electron chi connectivity index (χ3n) is 5.62. The van der Waals surface area contributed by atoms with Gasteiger partial charge in [-0.1, -0.05) is 17.2 Å². The maximum absolute atomic E-state index is 13.1. The molecule has 0 fully saturated rings. The molecule has 0 aliphatic carbocycles. The molecule has 1 aliphatic rings. The van der Waals surface area contributed by atoms with Crippen molar-refractivity contribution >= 4 is 17.2 Å². The van der Waals surface area contributed by atoms with Crippen LogP contribution in [0.1, 0.15) is 33.0 Å². The van der Waals surface area contributed by atoms with Crippen LogP contribution in [-0.2, 0) is 13.1 Å². The fraction of sp³-hybridized carbons (Fsp3) is 0.250. The predicted octanol–water partition coefficient (Wildman–Crippen LogP) is 3.74. The molecule has 8 heteroatoms. The van der Waals surface area contributed by atoms with Crippen LogP contribution < -0.4 is 5.56 Å². The lowest BCUT2D eigenvalue weighted by molar-refractivity contribution is 0.0684. The second kappa shape index (κ2) is 7.87. The van der Waals surface area contributed by atoms with Crippen molar-refractivity contribution in [1.82, 2.24) is 24.0 Å². The van der Waals surface area contributed by atoms with Crippen LogP contribution in [0.5, 0.6) is 0 Å². The second-order valence-electron chi connectivity index (χ2n) is 8.23. The van der Waals surface area contributed by atoms with Crippen molar-refractivity contribution in [3.05, 3.63) is 86.8 Å². The molecule has 0 saturated heterocycles. The van der Waals surface area contributed by atoms with Gasteiger partial charge in [-0.15, -0.1) is 11.3 Å². The summed E-state index contributed by atoms with van der Waals surface area (Å²) in [6, 6.07) is 9.82. The van der Waals surface area contributed by atoms with E-state index in [4.69, 9.17) is 4.98 Å². The second-order valence-corrected chi connectivity index (χ2v) is 9.09. The van der Waals surface area contributed by atoms with Gasteiger partial charge in [0, 0.05) is 30.2 Å². The van der Waals surface area contributed by atoms with Gasteiger partial charge in [-0.05, 0) is 45.0 Å². The standard InChI is InChI=1S/C24H23N5O2S/c1-15-8-16(2)10-18(9-15)22-26-19(13-32-22)12-27-6-7-29-21(23(27)30)5-4-20(24(29)31)28-11-17(3)25-14-28/h4-5,8-11,13-14H,6-7,12H2,1-3H3. The van der Waals surface area contributed by atoms with E-state index in [2.05, 4.69) is 37.0 Å². The highest BCUT2D eigenvalue weighted by atomic mass is 32.1. The molecular formula is C24H23N5O2S. The molecule has 32 heavy (non-hydrogen) atoms. The molecule has 4 heterocycles. The van der Waals surface area contributed by atoms with Gasteiger partial charge in [-0.25, -0.2) is 9.97 Å². The summed E-state index contributed by atoms with van der Waals surface area (Å²) in [6.07, 6.45) is 3.42. The summed E-state index contributed by atoms with van der Waals surface area (Å²) >= 11 is 1.59. The highest BCUT2D eigenvalue weighted by Crippen LogP contribution is 2.27. The molecule has 1 aromatic carbocycles. The smallest absolute Gasteiger partial charge is 0.275 e. The summed E-state index contributed by atoms with van der Waals surface area (Å²) in [5.74, 6) is -0.150. The molecule has 5 rings (SSSR count). The third-order valence-corrected chi connectivity index (χ3v) is 6.56. The van der Waals surface area contributed by atoms with E-state index in [9.17, 15) is 9.59 Å². The predicted molar refractivity (Wildman–Crippen MR) is 124 cm³/mol. The minimum atomic E-state index is -0.182. The Balaban J connectivity index is 1.38. The fourth-order valence-corrected chi connectivity index (χ4v) is 4.96. The Kier molecular flexibility index (Phi) is 5.01. The number of benzene rings is 1. The summed E-state index contributed by atoms with van der Waals surface area (Å²) in [4.78, 5) is 36.8. The van der Waals surface area contributed by atoms with Crippen molar-refractivity contribution in [2.75, 3.05) is 6.54 Å². The minimum absolute atomic E-state index is 0.150. The van der Waals surface area contributed by atoms with Crippen LogP contribution in [0.15, 0.2) is 53.0 Å². The molecule has 0 atom stereocenters. The zero-order valence-corrected chi connectivity index (χ0v) is 19.0. The highest BCUT2D eigenvalue weighted by molar-refractivity contribution is 7.13. The molecule has 0 radical (unpaired) electrons. The Bertz CT molecular complexity index is 1380. The molecule has 3 aromatic heterocycles. The van der Waals surface area contributed by atoms with Gasteiger partial charge in [0.05, 0.1) is 24.3 Å². The van der Waals surface area contributed by atoms with Crippen LogP contribution in [0.25, 0.3) is 16.3 Å². The van der Waals surface area contributed by atoms with E-state index in [1.807, 2.05) is 12.3 Å². The largest absolute Gasteiger partial charge is 0.330 e. The number of amides is 1. The summed E-state index contributed by atoms with van der Waals surface area (Å²) in [7, 11) is 0. The number of thiazole rings is 1. The van der Waals surface area contributed by atoms with Crippen molar-refractivity contribution in [3.63, 3.8) is 0 Å². The fourth-order valence-electron chi connectivity index (χ4n) is 4.17. The Morgan fingerprint density at radius 2 is 1.81 bits per heavy atom. The van der Waals surface area contributed by atoms with Gasteiger partial charge in [0.1, 0.15) is 16.4 Å². The highest BCUT2D eigenvalue weighted by Gasteiger charge is 2.27. The normalized spacial score (nSPS) is 13.5. The molecular weight excluding hydrogens is 422 g/mol. The van der Waals surface area contributed by atoms with Crippen molar-refractivity contribution < 1.29 is 4.79 Å². The van der Waals surface area contributed by atoms with Crippen LogP contribution in [0.3, 0.4) is 0 Å². The third kappa shape index (κ3) is 3.67. The Morgan fingerprint density at radius 1 is 1.03 bits per heavy atom. The van der Waals surface area contributed by atoms with Crippen LogP contribution in [-0.4, -0.2) is 36.5 Å². The average Bonchev–Trinajstić information content (AvgIpc) is 3.39. The van der Waals surface area contributed by atoms with Gasteiger partial charge in [-0.2, -0.15) is 0 Å². The van der Waals surface area contributed by atoms with E-state index in [0.717, 1.165) is 22.0 Å². The van der Waals surface area contributed by atoms with E-state index in [0.29, 0.717) is 31.0 Å². The average molecular weight is 446 g/mol. The first-order chi connectivity index (χ1) is 15.4. The summed E-state index contributed by atoms with van der Waals surface area (Å²) in [5, 5.41) is 2.96.